The van der Waals surface area contributed by atoms with Crippen LogP contribution in [0.2, 0.25) is 0 Å². The average molecular weight is 449 g/mol. The number of hydrogen-bond donors (Lipinski definition) is 1. The number of aliphatic hydroxyl groups excluding tert-OH is 1. The standard InChI is InChI=1S/C15H13Br3O/c1-8-6-13(17)9(2)5-12(8)15(19)11-4-3-10(16)7-14(11)18/h3-7,15,19H,1-2H3. The van der Waals surface area contributed by atoms with E-state index in [-0.39, 0.29) is 0 Å². The SMILES string of the molecule is Cc1cc(C(O)c2ccc(Br)cc2Br)c(C)cc1Br. The molecule has 0 aliphatic rings. The summed E-state index contributed by atoms with van der Waals surface area (Å²) >= 11 is 10.4. The van der Waals surface area contributed by atoms with Crippen LogP contribution < -0.4 is 0 Å². The summed E-state index contributed by atoms with van der Waals surface area (Å²) in [5.41, 5.74) is 3.99. The van der Waals surface area contributed by atoms with E-state index in [1.165, 1.54) is 0 Å². The van der Waals surface area contributed by atoms with Crippen LogP contribution in [0.25, 0.3) is 0 Å². The number of aryl methyl sites for hydroxylation is 2. The van der Waals surface area contributed by atoms with Gasteiger partial charge in [-0.3, -0.25) is 0 Å². The molecule has 19 heavy (non-hydrogen) atoms. The molecule has 1 atom stereocenters. The largest absolute Gasteiger partial charge is 0.384 e. The van der Waals surface area contributed by atoms with Crippen LogP contribution in [0.3, 0.4) is 0 Å². The first-order valence-corrected chi connectivity index (χ1v) is 8.17. The monoisotopic (exact) mass is 446 g/mol. The van der Waals surface area contributed by atoms with Crippen molar-refractivity contribution < 1.29 is 5.11 Å². The lowest BCUT2D eigenvalue weighted by molar-refractivity contribution is 0.218. The van der Waals surface area contributed by atoms with Crippen molar-refractivity contribution in [3.05, 3.63) is 66.0 Å². The van der Waals surface area contributed by atoms with Gasteiger partial charge in [-0.05, 0) is 54.3 Å². The fourth-order valence-electron chi connectivity index (χ4n) is 1.99. The highest BCUT2D eigenvalue weighted by Gasteiger charge is 2.17. The fourth-order valence-corrected chi connectivity index (χ4v) is 3.71. The molecule has 4 heteroatoms. The minimum absolute atomic E-state index is 0.630. The maximum absolute atomic E-state index is 10.6. The van der Waals surface area contributed by atoms with Gasteiger partial charge in [0.15, 0.2) is 0 Å². The molecule has 0 aliphatic carbocycles. The quantitative estimate of drug-likeness (QED) is 0.627. The zero-order valence-electron chi connectivity index (χ0n) is 10.5. The fraction of sp³-hybridized carbons (Fsp3) is 0.200. The summed E-state index contributed by atoms with van der Waals surface area (Å²) < 4.78 is 2.95. The molecule has 0 radical (unpaired) electrons. The third-order valence-electron chi connectivity index (χ3n) is 3.10. The zero-order valence-corrected chi connectivity index (χ0v) is 15.3. The smallest absolute Gasteiger partial charge is 0.105 e. The molecule has 0 saturated heterocycles. The van der Waals surface area contributed by atoms with E-state index >= 15 is 0 Å². The summed E-state index contributed by atoms with van der Waals surface area (Å²) in [4.78, 5) is 0. The second-order valence-electron chi connectivity index (χ2n) is 4.53. The Morgan fingerprint density at radius 1 is 0.842 bits per heavy atom. The van der Waals surface area contributed by atoms with Gasteiger partial charge in [-0.1, -0.05) is 59.9 Å². The Hall–Kier alpha value is -0.160. The molecule has 2 aromatic rings. The first kappa shape index (κ1) is 15.2. The third-order valence-corrected chi connectivity index (χ3v) is 5.13. The topological polar surface area (TPSA) is 20.2 Å². The Balaban J connectivity index is 2.49. The third kappa shape index (κ3) is 3.30. The highest BCUT2D eigenvalue weighted by Crippen LogP contribution is 2.34. The first-order valence-electron chi connectivity index (χ1n) is 5.80. The Bertz CT molecular complexity index is 623. The molecule has 2 aromatic carbocycles. The van der Waals surface area contributed by atoms with Crippen LogP contribution >= 0.6 is 47.8 Å². The van der Waals surface area contributed by atoms with Crippen LogP contribution in [0.5, 0.6) is 0 Å². The van der Waals surface area contributed by atoms with Crippen LogP contribution in [0.4, 0.5) is 0 Å². The number of halogens is 3. The van der Waals surface area contributed by atoms with Gasteiger partial charge in [-0.25, -0.2) is 0 Å². The molecule has 0 fully saturated rings. The van der Waals surface area contributed by atoms with Crippen LogP contribution in [0, 0.1) is 13.8 Å². The van der Waals surface area contributed by atoms with E-state index in [1.807, 2.05) is 44.2 Å². The van der Waals surface area contributed by atoms with Crippen molar-refractivity contribution in [2.75, 3.05) is 0 Å². The van der Waals surface area contributed by atoms with Crippen molar-refractivity contribution in [3.63, 3.8) is 0 Å². The summed E-state index contributed by atoms with van der Waals surface area (Å²) in [6.45, 7) is 4.03. The normalized spacial score (nSPS) is 12.5. The molecule has 0 bridgehead atoms. The second-order valence-corrected chi connectivity index (χ2v) is 7.15. The Labute approximate surface area is 138 Å². The molecule has 1 nitrogen and oxygen atoms in total. The van der Waals surface area contributed by atoms with Gasteiger partial charge in [-0.2, -0.15) is 0 Å². The summed E-state index contributed by atoms with van der Waals surface area (Å²) in [6.07, 6.45) is -0.630. The highest BCUT2D eigenvalue weighted by molar-refractivity contribution is 9.11. The lowest BCUT2D eigenvalue weighted by Gasteiger charge is -2.17. The van der Waals surface area contributed by atoms with Crippen molar-refractivity contribution in [2.45, 2.75) is 20.0 Å². The van der Waals surface area contributed by atoms with Crippen molar-refractivity contribution in [1.29, 1.82) is 0 Å². The van der Waals surface area contributed by atoms with Gasteiger partial charge in [0.2, 0.25) is 0 Å². The average Bonchev–Trinajstić information content (AvgIpc) is 2.33. The van der Waals surface area contributed by atoms with Crippen molar-refractivity contribution in [1.82, 2.24) is 0 Å². The van der Waals surface area contributed by atoms with E-state index in [0.29, 0.717) is 0 Å². The lowest BCUT2D eigenvalue weighted by atomic mass is 9.96. The van der Waals surface area contributed by atoms with Gasteiger partial charge >= 0.3 is 0 Å². The van der Waals surface area contributed by atoms with E-state index in [2.05, 4.69) is 47.8 Å². The number of hydrogen-bond acceptors (Lipinski definition) is 1. The van der Waals surface area contributed by atoms with Gasteiger partial charge in [0.1, 0.15) is 6.10 Å². The maximum atomic E-state index is 10.6. The van der Waals surface area contributed by atoms with Gasteiger partial charge in [0.25, 0.3) is 0 Å². The number of rotatable bonds is 2. The molecule has 0 heterocycles. The molecular formula is C15H13Br3O. The van der Waals surface area contributed by atoms with Crippen molar-refractivity contribution in [2.24, 2.45) is 0 Å². The molecule has 0 amide bonds. The van der Waals surface area contributed by atoms with E-state index in [4.69, 9.17) is 0 Å². The molecule has 2 rings (SSSR count). The van der Waals surface area contributed by atoms with Crippen LogP contribution in [0.15, 0.2) is 43.7 Å². The van der Waals surface area contributed by atoms with Crippen LogP contribution in [0.1, 0.15) is 28.4 Å². The molecular weight excluding hydrogens is 436 g/mol. The molecule has 1 N–H and O–H groups in total. The van der Waals surface area contributed by atoms with Crippen molar-refractivity contribution >= 4 is 47.8 Å². The molecule has 1 unspecified atom stereocenters. The summed E-state index contributed by atoms with van der Waals surface area (Å²) in [6, 6.07) is 9.87. The van der Waals surface area contributed by atoms with Crippen LogP contribution in [-0.2, 0) is 0 Å². The minimum atomic E-state index is -0.630. The lowest BCUT2D eigenvalue weighted by Crippen LogP contribution is -2.04. The molecule has 0 aliphatic heterocycles. The van der Waals surface area contributed by atoms with Crippen LogP contribution in [-0.4, -0.2) is 5.11 Å². The second kappa shape index (κ2) is 6.08. The van der Waals surface area contributed by atoms with E-state index in [1.54, 1.807) is 0 Å². The molecule has 0 spiro atoms. The van der Waals surface area contributed by atoms with E-state index in [0.717, 1.165) is 35.7 Å². The zero-order chi connectivity index (χ0) is 14.2. The van der Waals surface area contributed by atoms with E-state index in [9.17, 15) is 5.11 Å². The first-order chi connectivity index (χ1) is 8.90. The summed E-state index contributed by atoms with van der Waals surface area (Å²) in [7, 11) is 0. The Morgan fingerprint density at radius 2 is 1.53 bits per heavy atom. The highest BCUT2D eigenvalue weighted by atomic mass is 79.9. The minimum Gasteiger partial charge on any atom is -0.384 e. The predicted molar refractivity (Wildman–Crippen MR) is 89.5 cm³/mol. The Morgan fingerprint density at radius 3 is 2.16 bits per heavy atom. The number of benzene rings is 2. The van der Waals surface area contributed by atoms with Gasteiger partial charge in [0, 0.05) is 13.4 Å². The van der Waals surface area contributed by atoms with E-state index < -0.39 is 6.10 Å². The number of aliphatic hydroxyl groups is 1. The summed E-state index contributed by atoms with van der Waals surface area (Å²) in [5, 5.41) is 10.6. The maximum Gasteiger partial charge on any atom is 0.105 e. The van der Waals surface area contributed by atoms with Gasteiger partial charge < -0.3 is 5.11 Å². The van der Waals surface area contributed by atoms with Gasteiger partial charge in [0.05, 0.1) is 0 Å². The van der Waals surface area contributed by atoms with Crippen molar-refractivity contribution in [3.8, 4) is 0 Å². The summed E-state index contributed by atoms with van der Waals surface area (Å²) in [5.74, 6) is 0. The van der Waals surface area contributed by atoms with Gasteiger partial charge in [-0.15, -0.1) is 0 Å². The molecule has 0 saturated carbocycles. The molecule has 0 aromatic heterocycles. The Kier molecular flexibility index (Phi) is 4.88. The predicted octanol–water partition coefficient (Wildman–Crippen LogP) is 5.67. The molecule has 100 valence electrons.